The highest BCUT2D eigenvalue weighted by Gasteiger charge is 2.17. The van der Waals surface area contributed by atoms with Crippen LogP contribution in [0.4, 0.5) is 0 Å². The first-order valence-corrected chi connectivity index (χ1v) is 9.34. The van der Waals surface area contributed by atoms with Crippen LogP contribution in [0.1, 0.15) is 30.1 Å². The molecule has 1 N–H and O–H groups in total. The van der Waals surface area contributed by atoms with Gasteiger partial charge in [-0.2, -0.15) is 0 Å². The highest BCUT2D eigenvalue weighted by Crippen LogP contribution is 2.39. The van der Waals surface area contributed by atoms with Gasteiger partial charge >= 0.3 is 5.97 Å². The molecule has 3 aromatic carbocycles. The summed E-state index contributed by atoms with van der Waals surface area (Å²) in [6.45, 7) is 2.72. The van der Waals surface area contributed by atoms with Crippen molar-refractivity contribution >= 4 is 17.6 Å². The van der Waals surface area contributed by atoms with Crippen molar-refractivity contribution in [1.82, 2.24) is 0 Å². The summed E-state index contributed by atoms with van der Waals surface area (Å²) in [7, 11) is 0. The normalized spacial score (nSPS) is 10.6. The Morgan fingerprint density at radius 3 is 2.22 bits per heavy atom. The molecule has 0 spiro atoms. The van der Waals surface area contributed by atoms with Crippen molar-refractivity contribution in [2.75, 3.05) is 6.61 Å². The molecular formula is C23H21ClO3. The van der Waals surface area contributed by atoms with E-state index in [-0.39, 0.29) is 5.56 Å². The van der Waals surface area contributed by atoms with Crippen LogP contribution < -0.4 is 4.74 Å². The second-order valence-corrected chi connectivity index (χ2v) is 6.68. The summed E-state index contributed by atoms with van der Waals surface area (Å²) in [5.74, 6) is -0.243. The molecule has 0 saturated heterocycles. The summed E-state index contributed by atoms with van der Waals surface area (Å²) in [5, 5.41) is 10.2. The molecule has 0 aromatic heterocycles. The molecule has 0 saturated carbocycles. The molecule has 3 rings (SSSR count). The molecule has 0 radical (unpaired) electrons. The topological polar surface area (TPSA) is 46.5 Å². The van der Waals surface area contributed by atoms with Gasteiger partial charge in [-0.25, -0.2) is 4.79 Å². The highest BCUT2D eigenvalue weighted by molar-refractivity contribution is 6.30. The lowest BCUT2D eigenvalue weighted by atomic mass is 9.91. The molecule has 3 nitrogen and oxygen atoms in total. The number of carbonyl (C=O) groups is 1. The number of carboxylic acids is 1. The van der Waals surface area contributed by atoms with Crippen molar-refractivity contribution in [2.45, 2.75) is 19.8 Å². The zero-order chi connectivity index (χ0) is 19.2. The monoisotopic (exact) mass is 380 g/mol. The Labute approximate surface area is 164 Å². The Balaban J connectivity index is 2.14. The van der Waals surface area contributed by atoms with Crippen LogP contribution in [-0.4, -0.2) is 17.7 Å². The Bertz CT molecular complexity index is 950. The minimum Gasteiger partial charge on any atom is -0.493 e. The Morgan fingerprint density at radius 1 is 0.926 bits per heavy atom. The van der Waals surface area contributed by atoms with Gasteiger partial charge in [-0.15, -0.1) is 0 Å². The standard InChI is InChI=1S/C23H21ClO3/c1-2-3-14-27-22-15-16(24)12-13-20(22)18-9-5-4-8-17(18)19-10-6-7-11-21(19)23(25)26/h4-13,15H,2-3,14H2,1H3,(H,25,26). The van der Waals surface area contributed by atoms with Crippen molar-refractivity contribution in [1.29, 1.82) is 0 Å². The molecule has 0 bridgehead atoms. The maximum absolute atomic E-state index is 11.7. The number of carboxylic acid groups (broad SMARTS) is 1. The maximum atomic E-state index is 11.7. The summed E-state index contributed by atoms with van der Waals surface area (Å²) in [5.41, 5.74) is 3.60. The fraction of sp³-hybridized carbons (Fsp3) is 0.174. The van der Waals surface area contributed by atoms with Crippen molar-refractivity contribution in [2.24, 2.45) is 0 Å². The number of benzene rings is 3. The van der Waals surface area contributed by atoms with Gasteiger partial charge in [0.25, 0.3) is 0 Å². The van der Waals surface area contributed by atoms with Crippen LogP contribution in [0.3, 0.4) is 0 Å². The first-order valence-electron chi connectivity index (χ1n) is 8.96. The molecule has 3 aromatic rings. The molecule has 4 heteroatoms. The number of hydrogen-bond acceptors (Lipinski definition) is 2. The molecule has 0 aliphatic rings. The minimum atomic E-state index is -0.948. The van der Waals surface area contributed by atoms with E-state index in [0.29, 0.717) is 22.9 Å². The molecule has 0 unspecified atom stereocenters. The quantitative estimate of drug-likeness (QED) is 0.472. The van der Waals surface area contributed by atoms with E-state index < -0.39 is 5.97 Å². The predicted octanol–water partition coefficient (Wildman–Crippen LogP) is 6.55. The van der Waals surface area contributed by atoms with Gasteiger partial charge in [-0.1, -0.05) is 67.4 Å². The molecule has 0 fully saturated rings. The molecule has 0 amide bonds. The molecule has 138 valence electrons. The number of rotatable bonds is 7. The van der Waals surface area contributed by atoms with Gasteiger partial charge in [-0.05, 0) is 47.4 Å². The Morgan fingerprint density at radius 2 is 1.56 bits per heavy atom. The minimum absolute atomic E-state index is 0.271. The van der Waals surface area contributed by atoms with Gasteiger partial charge in [0.05, 0.1) is 12.2 Å². The number of ether oxygens (including phenoxy) is 1. The van der Waals surface area contributed by atoms with Crippen LogP contribution in [0.25, 0.3) is 22.3 Å². The number of halogens is 1. The number of unbranched alkanes of at least 4 members (excludes halogenated alkanes) is 1. The summed E-state index contributed by atoms with van der Waals surface area (Å²) < 4.78 is 5.98. The SMILES string of the molecule is CCCCOc1cc(Cl)ccc1-c1ccccc1-c1ccccc1C(=O)O. The van der Waals surface area contributed by atoms with Crippen molar-refractivity contribution in [3.8, 4) is 28.0 Å². The highest BCUT2D eigenvalue weighted by atomic mass is 35.5. The number of aromatic carboxylic acids is 1. The fourth-order valence-corrected chi connectivity index (χ4v) is 3.18. The van der Waals surface area contributed by atoms with Crippen LogP contribution in [0, 0.1) is 0 Å². The lowest BCUT2D eigenvalue weighted by Gasteiger charge is -2.16. The van der Waals surface area contributed by atoms with E-state index in [1.54, 1.807) is 12.1 Å². The molecule has 0 heterocycles. The first-order chi connectivity index (χ1) is 13.1. The molecule has 0 aliphatic carbocycles. The van der Waals surface area contributed by atoms with Crippen LogP contribution in [-0.2, 0) is 0 Å². The van der Waals surface area contributed by atoms with Crippen molar-refractivity contribution in [3.05, 3.63) is 77.3 Å². The van der Waals surface area contributed by atoms with E-state index >= 15 is 0 Å². The van der Waals surface area contributed by atoms with E-state index in [4.69, 9.17) is 16.3 Å². The van der Waals surface area contributed by atoms with Crippen LogP contribution in [0.2, 0.25) is 5.02 Å². The third-order valence-corrected chi connectivity index (χ3v) is 4.60. The van der Waals surface area contributed by atoms with Crippen molar-refractivity contribution in [3.63, 3.8) is 0 Å². The average Bonchev–Trinajstić information content (AvgIpc) is 2.68. The van der Waals surface area contributed by atoms with Gasteiger partial charge in [0.2, 0.25) is 0 Å². The van der Waals surface area contributed by atoms with Gasteiger partial charge < -0.3 is 9.84 Å². The van der Waals surface area contributed by atoms with Crippen molar-refractivity contribution < 1.29 is 14.6 Å². The van der Waals surface area contributed by atoms with Gasteiger partial charge in [-0.3, -0.25) is 0 Å². The van der Waals surface area contributed by atoms with E-state index in [0.717, 1.165) is 29.5 Å². The second-order valence-electron chi connectivity index (χ2n) is 6.24. The Hall–Kier alpha value is -2.78. The third kappa shape index (κ3) is 4.32. The van der Waals surface area contributed by atoms with Gasteiger partial charge in [0.15, 0.2) is 0 Å². The van der Waals surface area contributed by atoms with Gasteiger partial charge in [0.1, 0.15) is 5.75 Å². The number of hydrogen-bond donors (Lipinski definition) is 1. The Kier molecular flexibility index (Phi) is 6.15. The van der Waals surface area contributed by atoms with Crippen LogP contribution in [0.15, 0.2) is 66.7 Å². The van der Waals surface area contributed by atoms with E-state index in [2.05, 4.69) is 6.92 Å². The van der Waals surface area contributed by atoms with Crippen LogP contribution in [0.5, 0.6) is 5.75 Å². The van der Waals surface area contributed by atoms with E-state index in [1.807, 2.05) is 54.6 Å². The average molecular weight is 381 g/mol. The maximum Gasteiger partial charge on any atom is 0.336 e. The van der Waals surface area contributed by atoms with E-state index in [9.17, 15) is 9.90 Å². The lowest BCUT2D eigenvalue weighted by Crippen LogP contribution is -2.01. The van der Waals surface area contributed by atoms with Gasteiger partial charge in [0, 0.05) is 10.6 Å². The fourth-order valence-electron chi connectivity index (χ4n) is 3.02. The van der Waals surface area contributed by atoms with Crippen LogP contribution >= 0.6 is 11.6 Å². The largest absolute Gasteiger partial charge is 0.493 e. The smallest absolute Gasteiger partial charge is 0.336 e. The molecular weight excluding hydrogens is 360 g/mol. The summed E-state index contributed by atoms with van der Waals surface area (Å²) >= 11 is 6.18. The zero-order valence-corrected chi connectivity index (χ0v) is 15.9. The molecule has 0 atom stereocenters. The first kappa shape index (κ1) is 19.0. The summed E-state index contributed by atoms with van der Waals surface area (Å²) in [6, 6.07) is 20.3. The second kappa shape index (κ2) is 8.74. The molecule has 0 aliphatic heterocycles. The zero-order valence-electron chi connectivity index (χ0n) is 15.1. The van der Waals surface area contributed by atoms with E-state index in [1.165, 1.54) is 0 Å². The third-order valence-electron chi connectivity index (χ3n) is 4.36. The summed E-state index contributed by atoms with van der Waals surface area (Å²) in [4.78, 5) is 11.7. The lowest BCUT2D eigenvalue weighted by molar-refractivity contribution is 0.0697. The predicted molar refractivity (Wildman–Crippen MR) is 110 cm³/mol. The molecule has 27 heavy (non-hydrogen) atoms. The summed E-state index contributed by atoms with van der Waals surface area (Å²) in [6.07, 6.45) is 1.99.